The standard InChI is InChI=1S/C24H22ClN3O3S/c1-16-14-19(12-13-20(16)25)31-15-21(29)27-28-24(32)26-23(30)22(17-8-4-2-5-9-17)18-10-6-3-7-11-18/h2-14,22H,15H2,1H3,(H,27,29)(H2,26,28,30,32). The van der Waals surface area contributed by atoms with Gasteiger partial charge in [-0.1, -0.05) is 72.3 Å². The van der Waals surface area contributed by atoms with Crippen LogP contribution in [-0.4, -0.2) is 23.5 Å². The van der Waals surface area contributed by atoms with E-state index in [0.29, 0.717) is 10.8 Å². The minimum Gasteiger partial charge on any atom is -0.484 e. The van der Waals surface area contributed by atoms with Crippen LogP contribution >= 0.6 is 23.8 Å². The normalized spacial score (nSPS) is 10.3. The Hall–Kier alpha value is -3.42. The van der Waals surface area contributed by atoms with Crippen LogP contribution in [-0.2, 0) is 9.59 Å². The molecule has 8 heteroatoms. The van der Waals surface area contributed by atoms with Crippen molar-refractivity contribution in [1.29, 1.82) is 0 Å². The van der Waals surface area contributed by atoms with Crippen LogP contribution in [0.1, 0.15) is 22.6 Å². The number of benzene rings is 3. The zero-order chi connectivity index (χ0) is 22.9. The maximum atomic E-state index is 13.0. The molecule has 3 rings (SSSR count). The zero-order valence-corrected chi connectivity index (χ0v) is 18.9. The monoisotopic (exact) mass is 467 g/mol. The molecule has 0 bridgehead atoms. The molecule has 32 heavy (non-hydrogen) atoms. The van der Waals surface area contributed by atoms with Crippen LogP contribution in [0.5, 0.6) is 5.75 Å². The molecule has 2 amide bonds. The number of hydrazine groups is 1. The summed E-state index contributed by atoms with van der Waals surface area (Å²) in [6, 6.07) is 23.9. The Kier molecular flexibility index (Phi) is 8.19. The van der Waals surface area contributed by atoms with Crippen molar-refractivity contribution in [3.05, 3.63) is 101 Å². The molecular formula is C24H22ClN3O3S. The topological polar surface area (TPSA) is 79.5 Å². The molecule has 0 aliphatic carbocycles. The average molecular weight is 468 g/mol. The quantitative estimate of drug-likeness (QED) is 0.378. The van der Waals surface area contributed by atoms with Gasteiger partial charge in [-0.15, -0.1) is 0 Å². The van der Waals surface area contributed by atoms with E-state index in [2.05, 4.69) is 16.2 Å². The van der Waals surface area contributed by atoms with E-state index in [0.717, 1.165) is 16.7 Å². The Labute approximate surface area is 196 Å². The summed E-state index contributed by atoms with van der Waals surface area (Å²) in [5.41, 5.74) is 7.44. The van der Waals surface area contributed by atoms with Crippen LogP contribution in [0.4, 0.5) is 0 Å². The fourth-order valence-corrected chi connectivity index (χ4v) is 3.29. The van der Waals surface area contributed by atoms with Gasteiger partial charge in [-0.3, -0.25) is 20.4 Å². The Bertz CT molecular complexity index is 1050. The molecule has 164 valence electrons. The zero-order valence-electron chi connectivity index (χ0n) is 17.3. The van der Waals surface area contributed by atoms with Crippen molar-refractivity contribution in [1.82, 2.24) is 16.2 Å². The molecular weight excluding hydrogens is 446 g/mol. The molecule has 0 atom stereocenters. The molecule has 0 aliphatic rings. The van der Waals surface area contributed by atoms with Crippen molar-refractivity contribution >= 4 is 40.7 Å². The minimum absolute atomic E-state index is 0.0254. The van der Waals surface area contributed by atoms with Crippen LogP contribution < -0.4 is 20.9 Å². The second-order valence-corrected chi connectivity index (χ2v) is 7.76. The first-order valence-electron chi connectivity index (χ1n) is 9.82. The molecule has 3 aromatic carbocycles. The lowest BCUT2D eigenvalue weighted by Crippen LogP contribution is -2.50. The number of carbonyl (C=O) groups excluding carboxylic acids is 2. The van der Waals surface area contributed by atoms with Crippen LogP contribution in [0.15, 0.2) is 78.9 Å². The molecule has 0 fully saturated rings. The lowest BCUT2D eigenvalue weighted by molar-refractivity contribution is -0.124. The first-order valence-corrected chi connectivity index (χ1v) is 10.6. The van der Waals surface area contributed by atoms with Crippen molar-refractivity contribution in [3.63, 3.8) is 0 Å². The summed E-state index contributed by atoms with van der Waals surface area (Å²) in [6.07, 6.45) is 0. The molecule has 6 nitrogen and oxygen atoms in total. The van der Waals surface area contributed by atoms with Crippen LogP contribution in [0.25, 0.3) is 0 Å². The number of hydrogen-bond donors (Lipinski definition) is 3. The lowest BCUT2D eigenvalue weighted by Gasteiger charge is -2.19. The highest BCUT2D eigenvalue weighted by atomic mass is 35.5. The summed E-state index contributed by atoms with van der Waals surface area (Å²) in [5, 5.41) is 3.22. The molecule has 0 aromatic heterocycles. The molecule has 0 saturated carbocycles. The Morgan fingerprint density at radius 3 is 2.09 bits per heavy atom. The van der Waals surface area contributed by atoms with Gasteiger partial charge in [-0.05, 0) is 54.0 Å². The maximum Gasteiger partial charge on any atom is 0.276 e. The summed E-state index contributed by atoms with van der Waals surface area (Å²) in [4.78, 5) is 25.0. The number of thiocarbonyl (C=S) groups is 1. The van der Waals surface area contributed by atoms with Gasteiger partial charge >= 0.3 is 0 Å². The Morgan fingerprint density at radius 1 is 0.938 bits per heavy atom. The Morgan fingerprint density at radius 2 is 1.53 bits per heavy atom. The fourth-order valence-electron chi connectivity index (χ4n) is 3.02. The number of halogens is 1. The number of ether oxygens (including phenoxy) is 1. The summed E-state index contributed by atoms with van der Waals surface area (Å²) >= 11 is 11.1. The molecule has 0 saturated heterocycles. The van der Waals surface area contributed by atoms with Gasteiger partial charge in [0.1, 0.15) is 5.75 Å². The van der Waals surface area contributed by atoms with Gasteiger partial charge in [-0.25, -0.2) is 0 Å². The second kappa shape index (κ2) is 11.3. The smallest absolute Gasteiger partial charge is 0.276 e. The van der Waals surface area contributed by atoms with Gasteiger partial charge in [0.25, 0.3) is 5.91 Å². The van der Waals surface area contributed by atoms with E-state index in [1.807, 2.05) is 67.6 Å². The number of nitrogens with one attached hydrogen (secondary N) is 3. The molecule has 3 aromatic rings. The van der Waals surface area contributed by atoms with E-state index >= 15 is 0 Å². The van der Waals surface area contributed by atoms with Gasteiger partial charge in [0, 0.05) is 5.02 Å². The van der Waals surface area contributed by atoms with E-state index in [4.69, 9.17) is 28.6 Å². The van der Waals surface area contributed by atoms with Crippen molar-refractivity contribution in [3.8, 4) is 5.75 Å². The number of rotatable bonds is 6. The molecule has 0 unspecified atom stereocenters. The number of carbonyl (C=O) groups is 2. The highest BCUT2D eigenvalue weighted by Crippen LogP contribution is 2.24. The largest absolute Gasteiger partial charge is 0.484 e. The van der Waals surface area contributed by atoms with Gasteiger partial charge in [0.2, 0.25) is 5.91 Å². The minimum atomic E-state index is -0.552. The highest BCUT2D eigenvalue weighted by Gasteiger charge is 2.23. The van der Waals surface area contributed by atoms with Crippen LogP contribution in [0.2, 0.25) is 5.02 Å². The molecule has 0 spiro atoms. The SMILES string of the molecule is Cc1cc(OCC(=O)NNC(=S)NC(=O)C(c2ccccc2)c2ccccc2)ccc1Cl. The first kappa shape index (κ1) is 23.2. The third-order valence-electron chi connectivity index (χ3n) is 4.58. The van der Waals surface area contributed by atoms with Crippen LogP contribution in [0, 0.1) is 6.92 Å². The van der Waals surface area contributed by atoms with Crippen molar-refractivity contribution < 1.29 is 14.3 Å². The van der Waals surface area contributed by atoms with E-state index in [-0.39, 0.29) is 17.6 Å². The van der Waals surface area contributed by atoms with Gasteiger partial charge in [-0.2, -0.15) is 0 Å². The predicted octanol–water partition coefficient (Wildman–Crippen LogP) is 3.88. The summed E-state index contributed by atoms with van der Waals surface area (Å²) in [6.45, 7) is 1.61. The van der Waals surface area contributed by atoms with Crippen molar-refractivity contribution in [2.45, 2.75) is 12.8 Å². The van der Waals surface area contributed by atoms with Crippen molar-refractivity contribution in [2.24, 2.45) is 0 Å². The number of hydrogen-bond acceptors (Lipinski definition) is 4. The van der Waals surface area contributed by atoms with Crippen molar-refractivity contribution in [2.75, 3.05) is 6.61 Å². The molecule has 0 heterocycles. The third-order valence-corrected chi connectivity index (χ3v) is 5.21. The lowest BCUT2D eigenvalue weighted by atomic mass is 9.90. The predicted molar refractivity (Wildman–Crippen MR) is 128 cm³/mol. The molecule has 0 aliphatic heterocycles. The maximum absolute atomic E-state index is 13.0. The molecule has 0 radical (unpaired) electrons. The Balaban J connectivity index is 1.54. The summed E-state index contributed by atoms with van der Waals surface area (Å²) in [7, 11) is 0. The summed E-state index contributed by atoms with van der Waals surface area (Å²) < 4.78 is 5.43. The van der Waals surface area contributed by atoms with E-state index in [1.54, 1.807) is 18.2 Å². The highest BCUT2D eigenvalue weighted by molar-refractivity contribution is 7.80. The third kappa shape index (κ3) is 6.54. The number of aryl methyl sites for hydroxylation is 1. The summed E-state index contributed by atoms with van der Waals surface area (Å²) in [5.74, 6) is -0.810. The average Bonchev–Trinajstić information content (AvgIpc) is 2.80. The van der Waals surface area contributed by atoms with Gasteiger partial charge < -0.3 is 10.1 Å². The van der Waals surface area contributed by atoms with E-state index in [1.165, 1.54) is 0 Å². The first-order chi connectivity index (χ1) is 15.4. The van der Waals surface area contributed by atoms with Gasteiger partial charge in [0.05, 0.1) is 5.92 Å². The van der Waals surface area contributed by atoms with Crippen LogP contribution in [0.3, 0.4) is 0 Å². The van der Waals surface area contributed by atoms with E-state index in [9.17, 15) is 9.59 Å². The number of amides is 2. The van der Waals surface area contributed by atoms with Gasteiger partial charge in [0.15, 0.2) is 11.7 Å². The fraction of sp³-hybridized carbons (Fsp3) is 0.125. The molecule has 3 N–H and O–H groups in total. The second-order valence-electron chi connectivity index (χ2n) is 6.95. The van der Waals surface area contributed by atoms with E-state index < -0.39 is 11.8 Å².